The van der Waals surface area contributed by atoms with E-state index in [1.54, 1.807) is 0 Å². The number of aromatic nitrogens is 1. The Morgan fingerprint density at radius 2 is 2.18 bits per heavy atom. The van der Waals surface area contributed by atoms with Gasteiger partial charge in [0.15, 0.2) is 0 Å². The number of rotatable bonds is 4. The van der Waals surface area contributed by atoms with Gasteiger partial charge in [-0.3, -0.25) is 0 Å². The van der Waals surface area contributed by atoms with Crippen molar-refractivity contribution >= 4 is 0 Å². The second-order valence-corrected chi connectivity index (χ2v) is 4.92. The Kier molecular flexibility index (Phi) is 2.73. The second kappa shape index (κ2) is 4.38. The molecule has 2 heteroatoms. The van der Waals surface area contributed by atoms with E-state index in [-0.39, 0.29) is 0 Å². The summed E-state index contributed by atoms with van der Waals surface area (Å²) in [4.78, 5) is 0. The Hall–Kier alpha value is -1.54. The number of aryl methyl sites for hydroxylation is 1. The third-order valence-electron chi connectivity index (χ3n) is 3.57. The Bertz CT molecular complexity index is 513. The first-order chi connectivity index (χ1) is 8.33. The molecule has 1 N–H and O–H groups in total. The molecule has 3 rings (SSSR count). The highest BCUT2D eigenvalue weighted by Gasteiger charge is 2.24. The van der Waals surface area contributed by atoms with Gasteiger partial charge in [0.25, 0.3) is 0 Å². The van der Waals surface area contributed by atoms with Crippen LogP contribution in [0, 0.1) is 0 Å². The predicted molar refractivity (Wildman–Crippen MR) is 70.0 cm³/mol. The Balaban J connectivity index is 1.51. The second-order valence-electron chi connectivity index (χ2n) is 4.92. The first kappa shape index (κ1) is 10.6. The van der Waals surface area contributed by atoms with E-state index in [0.29, 0.717) is 0 Å². The number of hydrogen-bond acceptors (Lipinski definition) is 1. The van der Waals surface area contributed by atoms with Crippen molar-refractivity contribution < 1.29 is 0 Å². The average molecular weight is 226 g/mol. The molecular formula is C15H18N2. The molecule has 0 aliphatic heterocycles. The minimum atomic E-state index is 0.718. The highest BCUT2D eigenvalue weighted by Crippen LogP contribution is 2.33. The molecule has 1 aromatic heterocycles. The third-order valence-corrected chi connectivity index (χ3v) is 3.57. The molecule has 1 aliphatic rings. The van der Waals surface area contributed by atoms with E-state index < -0.39 is 0 Å². The van der Waals surface area contributed by atoms with Gasteiger partial charge in [0.05, 0.1) is 0 Å². The van der Waals surface area contributed by atoms with Crippen LogP contribution in [0.2, 0.25) is 0 Å². The van der Waals surface area contributed by atoms with Crippen LogP contribution in [0.5, 0.6) is 0 Å². The maximum Gasteiger partial charge on any atom is 0.0220 e. The molecule has 1 aromatic carbocycles. The van der Waals surface area contributed by atoms with E-state index in [1.807, 2.05) is 0 Å². The van der Waals surface area contributed by atoms with Crippen LogP contribution in [-0.2, 0) is 20.0 Å². The van der Waals surface area contributed by atoms with E-state index in [9.17, 15) is 0 Å². The molecule has 17 heavy (non-hydrogen) atoms. The molecule has 2 nitrogen and oxygen atoms in total. The predicted octanol–water partition coefficient (Wildman–Crippen LogP) is 2.45. The van der Waals surface area contributed by atoms with Gasteiger partial charge >= 0.3 is 0 Å². The third kappa shape index (κ3) is 2.13. The maximum absolute atomic E-state index is 3.54. The number of nitrogens with one attached hydrogen (secondary N) is 1. The van der Waals surface area contributed by atoms with Crippen LogP contribution in [0.15, 0.2) is 42.7 Å². The van der Waals surface area contributed by atoms with Gasteiger partial charge in [0.2, 0.25) is 0 Å². The van der Waals surface area contributed by atoms with Gasteiger partial charge in [-0.25, -0.2) is 0 Å². The molecular weight excluding hydrogens is 208 g/mol. The highest BCUT2D eigenvalue weighted by molar-refractivity contribution is 5.40. The molecule has 0 radical (unpaired) electrons. The lowest BCUT2D eigenvalue weighted by atomic mass is 9.77. The number of fused-ring (bicyclic) bond motifs is 1. The van der Waals surface area contributed by atoms with Crippen molar-refractivity contribution in [1.29, 1.82) is 0 Å². The Morgan fingerprint density at radius 3 is 2.94 bits per heavy atom. The molecule has 88 valence electrons. The van der Waals surface area contributed by atoms with Gasteiger partial charge in [-0.05, 0) is 29.2 Å². The van der Waals surface area contributed by atoms with Crippen LogP contribution in [0.4, 0.5) is 0 Å². The standard InChI is InChI=1S/C15H18N2/c1-17-7-6-12(11-17)9-16-10-14-8-13-4-2-3-5-15(13)14/h2-7,11,14,16H,8-10H2,1H3. The molecule has 0 fully saturated rings. The zero-order valence-electron chi connectivity index (χ0n) is 10.2. The largest absolute Gasteiger partial charge is 0.357 e. The van der Waals surface area contributed by atoms with E-state index in [1.165, 1.54) is 23.1 Å². The van der Waals surface area contributed by atoms with E-state index >= 15 is 0 Å². The summed E-state index contributed by atoms with van der Waals surface area (Å²) >= 11 is 0. The Morgan fingerprint density at radius 1 is 1.29 bits per heavy atom. The monoisotopic (exact) mass is 226 g/mol. The molecule has 1 aliphatic carbocycles. The van der Waals surface area contributed by atoms with Crippen molar-refractivity contribution in [2.75, 3.05) is 6.54 Å². The van der Waals surface area contributed by atoms with Gasteiger partial charge < -0.3 is 9.88 Å². The summed E-state index contributed by atoms with van der Waals surface area (Å²) in [6, 6.07) is 10.9. The number of benzene rings is 1. The number of nitrogens with zero attached hydrogens (tertiary/aromatic N) is 1. The summed E-state index contributed by atoms with van der Waals surface area (Å²) in [6.07, 6.45) is 5.50. The number of hydrogen-bond donors (Lipinski definition) is 1. The van der Waals surface area contributed by atoms with Crippen molar-refractivity contribution in [1.82, 2.24) is 9.88 Å². The maximum atomic E-state index is 3.54. The van der Waals surface area contributed by atoms with Crippen LogP contribution in [0.25, 0.3) is 0 Å². The molecule has 1 unspecified atom stereocenters. The molecule has 0 saturated heterocycles. The van der Waals surface area contributed by atoms with Crippen molar-refractivity contribution in [3.63, 3.8) is 0 Å². The van der Waals surface area contributed by atoms with E-state index in [4.69, 9.17) is 0 Å². The Labute approximate surface area is 102 Å². The molecule has 0 amide bonds. The van der Waals surface area contributed by atoms with Gasteiger partial charge in [-0.2, -0.15) is 0 Å². The first-order valence-corrected chi connectivity index (χ1v) is 6.22. The highest BCUT2D eigenvalue weighted by atomic mass is 14.9. The van der Waals surface area contributed by atoms with Crippen molar-refractivity contribution in [2.45, 2.75) is 18.9 Å². The SMILES string of the molecule is Cn1ccc(CNCC2Cc3ccccc32)c1. The van der Waals surface area contributed by atoms with Crippen LogP contribution in [0.3, 0.4) is 0 Å². The summed E-state index contributed by atoms with van der Waals surface area (Å²) < 4.78 is 2.09. The quantitative estimate of drug-likeness (QED) is 0.847. The van der Waals surface area contributed by atoms with Crippen LogP contribution < -0.4 is 5.32 Å². The normalized spacial score (nSPS) is 17.6. The van der Waals surface area contributed by atoms with Crippen LogP contribution in [0.1, 0.15) is 22.6 Å². The molecule has 1 heterocycles. The fourth-order valence-corrected chi connectivity index (χ4v) is 2.60. The van der Waals surface area contributed by atoms with Crippen molar-refractivity contribution in [3.05, 3.63) is 59.4 Å². The zero-order valence-corrected chi connectivity index (χ0v) is 10.2. The lowest BCUT2D eigenvalue weighted by Crippen LogP contribution is -2.28. The molecule has 0 spiro atoms. The average Bonchev–Trinajstić information content (AvgIpc) is 2.71. The minimum absolute atomic E-state index is 0.718. The molecule has 0 saturated carbocycles. The van der Waals surface area contributed by atoms with E-state index in [2.05, 4.69) is 59.7 Å². The lowest BCUT2D eigenvalue weighted by molar-refractivity contribution is 0.535. The van der Waals surface area contributed by atoms with Gasteiger partial charge in [-0.1, -0.05) is 24.3 Å². The molecule has 0 bridgehead atoms. The van der Waals surface area contributed by atoms with Gasteiger partial charge in [0.1, 0.15) is 0 Å². The topological polar surface area (TPSA) is 17.0 Å². The fraction of sp³-hybridized carbons (Fsp3) is 0.333. The zero-order chi connectivity index (χ0) is 11.7. The van der Waals surface area contributed by atoms with Crippen molar-refractivity contribution in [3.8, 4) is 0 Å². The summed E-state index contributed by atoms with van der Waals surface area (Å²) in [7, 11) is 2.06. The lowest BCUT2D eigenvalue weighted by Gasteiger charge is -2.30. The fourth-order valence-electron chi connectivity index (χ4n) is 2.60. The smallest absolute Gasteiger partial charge is 0.0220 e. The van der Waals surface area contributed by atoms with Gasteiger partial charge in [-0.15, -0.1) is 0 Å². The molecule has 1 atom stereocenters. The first-order valence-electron chi connectivity index (χ1n) is 6.22. The molecule has 2 aromatic rings. The minimum Gasteiger partial charge on any atom is -0.357 e. The van der Waals surface area contributed by atoms with Crippen LogP contribution >= 0.6 is 0 Å². The van der Waals surface area contributed by atoms with Crippen molar-refractivity contribution in [2.24, 2.45) is 7.05 Å². The van der Waals surface area contributed by atoms with Gasteiger partial charge in [0, 0.05) is 38.4 Å². The summed E-state index contributed by atoms with van der Waals surface area (Å²) in [5.74, 6) is 0.718. The summed E-state index contributed by atoms with van der Waals surface area (Å²) in [6.45, 7) is 2.06. The van der Waals surface area contributed by atoms with E-state index in [0.717, 1.165) is 19.0 Å². The van der Waals surface area contributed by atoms with Crippen LogP contribution in [-0.4, -0.2) is 11.1 Å². The summed E-state index contributed by atoms with van der Waals surface area (Å²) in [5, 5.41) is 3.54. The summed E-state index contributed by atoms with van der Waals surface area (Å²) in [5.41, 5.74) is 4.42.